The average Bonchev–Trinajstić information content (AvgIpc) is 2.72. The smallest absolute Gasteiger partial charge is 0.0543 e. The Morgan fingerprint density at radius 3 is 2.78 bits per heavy atom. The Morgan fingerprint density at radius 2 is 2.17 bits per heavy atom. The maximum Gasteiger partial charge on any atom is 0.0543 e. The SMILES string of the molecule is CC(NCC1CCC(O)C1)c1ccc(Br)cc1Br. The molecule has 0 saturated heterocycles. The fourth-order valence-electron chi connectivity index (χ4n) is 2.54. The van der Waals surface area contributed by atoms with Crippen molar-refractivity contribution < 1.29 is 5.11 Å². The lowest BCUT2D eigenvalue weighted by molar-refractivity contribution is 0.177. The molecular weight excluding hydrogens is 358 g/mol. The summed E-state index contributed by atoms with van der Waals surface area (Å²) in [5, 5.41) is 13.1. The number of hydrogen-bond acceptors (Lipinski definition) is 2. The summed E-state index contributed by atoms with van der Waals surface area (Å²) in [6.45, 7) is 3.17. The molecule has 0 aromatic heterocycles. The molecule has 1 fully saturated rings. The van der Waals surface area contributed by atoms with Crippen LogP contribution in [0.5, 0.6) is 0 Å². The van der Waals surface area contributed by atoms with Crippen LogP contribution in [0.3, 0.4) is 0 Å². The van der Waals surface area contributed by atoms with Crippen LogP contribution in [-0.4, -0.2) is 17.8 Å². The number of nitrogens with one attached hydrogen (secondary N) is 1. The van der Waals surface area contributed by atoms with Crippen molar-refractivity contribution in [2.45, 2.75) is 38.3 Å². The third-order valence-electron chi connectivity index (χ3n) is 3.66. The van der Waals surface area contributed by atoms with Gasteiger partial charge < -0.3 is 10.4 Å². The Morgan fingerprint density at radius 1 is 1.39 bits per heavy atom. The minimum atomic E-state index is -0.0773. The molecule has 2 nitrogen and oxygen atoms in total. The highest BCUT2D eigenvalue weighted by atomic mass is 79.9. The molecule has 100 valence electrons. The summed E-state index contributed by atoms with van der Waals surface area (Å²) in [5.41, 5.74) is 1.27. The fraction of sp³-hybridized carbons (Fsp3) is 0.571. The van der Waals surface area contributed by atoms with Crippen molar-refractivity contribution in [1.82, 2.24) is 5.32 Å². The van der Waals surface area contributed by atoms with Crippen molar-refractivity contribution in [3.05, 3.63) is 32.7 Å². The Bertz CT molecular complexity index is 411. The summed E-state index contributed by atoms with van der Waals surface area (Å²) in [5.74, 6) is 0.622. The van der Waals surface area contributed by atoms with E-state index in [1.807, 2.05) is 0 Å². The monoisotopic (exact) mass is 375 g/mol. The second kappa shape index (κ2) is 6.51. The first-order chi connectivity index (χ1) is 8.56. The number of halogens is 2. The van der Waals surface area contributed by atoms with E-state index in [9.17, 15) is 5.11 Å². The molecule has 4 heteroatoms. The third kappa shape index (κ3) is 3.80. The molecule has 0 heterocycles. The first kappa shape index (κ1) is 14.5. The van der Waals surface area contributed by atoms with E-state index in [-0.39, 0.29) is 6.10 Å². The quantitative estimate of drug-likeness (QED) is 0.831. The van der Waals surface area contributed by atoms with Gasteiger partial charge in [-0.25, -0.2) is 0 Å². The van der Waals surface area contributed by atoms with Crippen molar-refractivity contribution in [3.8, 4) is 0 Å². The molecule has 1 aliphatic rings. The molecule has 0 amide bonds. The summed E-state index contributed by atoms with van der Waals surface area (Å²) in [6.07, 6.45) is 2.97. The molecule has 1 aromatic carbocycles. The largest absolute Gasteiger partial charge is 0.393 e. The lowest BCUT2D eigenvalue weighted by Gasteiger charge is -2.19. The highest BCUT2D eigenvalue weighted by Gasteiger charge is 2.23. The van der Waals surface area contributed by atoms with Gasteiger partial charge in [-0.3, -0.25) is 0 Å². The molecule has 3 unspecified atom stereocenters. The highest BCUT2D eigenvalue weighted by Crippen LogP contribution is 2.28. The predicted octanol–water partition coefficient (Wildman–Crippen LogP) is 4.02. The Balaban J connectivity index is 1.89. The van der Waals surface area contributed by atoms with Crippen LogP contribution in [0.15, 0.2) is 27.1 Å². The zero-order chi connectivity index (χ0) is 13.1. The maximum absolute atomic E-state index is 9.52. The van der Waals surface area contributed by atoms with Crippen LogP contribution in [-0.2, 0) is 0 Å². The second-order valence-corrected chi connectivity index (χ2v) is 6.90. The molecule has 0 radical (unpaired) electrons. The number of aliphatic hydroxyl groups is 1. The van der Waals surface area contributed by atoms with E-state index in [0.717, 1.165) is 34.8 Å². The topological polar surface area (TPSA) is 32.3 Å². The first-order valence-corrected chi connectivity index (χ1v) is 8.01. The van der Waals surface area contributed by atoms with Gasteiger partial charge in [-0.2, -0.15) is 0 Å². The molecule has 0 bridgehead atoms. The average molecular weight is 377 g/mol. The van der Waals surface area contributed by atoms with E-state index in [1.165, 1.54) is 5.56 Å². The predicted molar refractivity (Wildman–Crippen MR) is 81.6 cm³/mol. The summed E-state index contributed by atoms with van der Waals surface area (Å²) in [6, 6.07) is 6.60. The molecule has 1 aromatic rings. The van der Waals surface area contributed by atoms with Gasteiger partial charge in [0.15, 0.2) is 0 Å². The van der Waals surface area contributed by atoms with Crippen molar-refractivity contribution in [3.63, 3.8) is 0 Å². The summed E-state index contributed by atoms with van der Waals surface area (Å²) < 4.78 is 2.22. The standard InChI is InChI=1S/C14H19Br2NO/c1-9(13-5-3-11(15)7-14(13)16)17-8-10-2-4-12(18)6-10/h3,5,7,9-10,12,17-18H,2,4,6,8H2,1H3. The highest BCUT2D eigenvalue weighted by molar-refractivity contribution is 9.11. The van der Waals surface area contributed by atoms with Crippen LogP contribution in [0.1, 0.15) is 37.8 Å². The molecule has 1 saturated carbocycles. The van der Waals surface area contributed by atoms with Gasteiger partial charge in [-0.1, -0.05) is 37.9 Å². The molecule has 2 N–H and O–H groups in total. The van der Waals surface area contributed by atoms with Gasteiger partial charge in [-0.05, 0) is 56.3 Å². The Labute approximate surface area is 125 Å². The van der Waals surface area contributed by atoms with Gasteiger partial charge >= 0.3 is 0 Å². The number of aliphatic hydroxyl groups excluding tert-OH is 1. The van der Waals surface area contributed by atoms with E-state index in [1.54, 1.807) is 0 Å². The molecule has 3 atom stereocenters. The van der Waals surface area contributed by atoms with Gasteiger partial charge in [-0.15, -0.1) is 0 Å². The Hall–Kier alpha value is 0.1000. The fourth-order valence-corrected chi connectivity index (χ4v) is 3.93. The molecular formula is C14H19Br2NO. The van der Waals surface area contributed by atoms with Crippen LogP contribution in [0.25, 0.3) is 0 Å². The van der Waals surface area contributed by atoms with Crippen molar-refractivity contribution in [1.29, 1.82) is 0 Å². The Kier molecular flexibility index (Phi) is 5.24. The number of rotatable bonds is 4. The van der Waals surface area contributed by atoms with Gasteiger partial charge in [0.05, 0.1) is 6.10 Å². The summed E-state index contributed by atoms with van der Waals surface area (Å²) in [7, 11) is 0. The second-order valence-electron chi connectivity index (χ2n) is 5.13. The molecule has 0 aliphatic heterocycles. The van der Waals surface area contributed by atoms with E-state index in [4.69, 9.17) is 0 Å². The van der Waals surface area contributed by atoms with E-state index >= 15 is 0 Å². The van der Waals surface area contributed by atoms with Crippen molar-refractivity contribution >= 4 is 31.9 Å². The zero-order valence-corrected chi connectivity index (χ0v) is 13.7. The molecule has 1 aliphatic carbocycles. The van der Waals surface area contributed by atoms with Gasteiger partial charge in [0, 0.05) is 15.0 Å². The molecule has 2 rings (SSSR count). The normalized spacial score (nSPS) is 25.3. The first-order valence-electron chi connectivity index (χ1n) is 6.42. The minimum absolute atomic E-state index is 0.0773. The molecule has 0 spiro atoms. The number of benzene rings is 1. The van der Waals surface area contributed by atoms with E-state index < -0.39 is 0 Å². The van der Waals surface area contributed by atoms with Crippen LogP contribution < -0.4 is 5.32 Å². The third-order valence-corrected chi connectivity index (χ3v) is 4.84. The zero-order valence-electron chi connectivity index (χ0n) is 10.5. The van der Waals surface area contributed by atoms with Crippen LogP contribution in [0, 0.1) is 5.92 Å². The van der Waals surface area contributed by atoms with Crippen molar-refractivity contribution in [2.75, 3.05) is 6.54 Å². The van der Waals surface area contributed by atoms with Crippen LogP contribution >= 0.6 is 31.9 Å². The van der Waals surface area contributed by atoms with Gasteiger partial charge in [0.2, 0.25) is 0 Å². The summed E-state index contributed by atoms with van der Waals surface area (Å²) in [4.78, 5) is 0. The van der Waals surface area contributed by atoms with E-state index in [0.29, 0.717) is 12.0 Å². The maximum atomic E-state index is 9.52. The van der Waals surface area contributed by atoms with E-state index in [2.05, 4.69) is 62.3 Å². The lowest BCUT2D eigenvalue weighted by Crippen LogP contribution is -2.25. The van der Waals surface area contributed by atoms with Crippen LogP contribution in [0.2, 0.25) is 0 Å². The van der Waals surface area contributed by atoms with Gasteiger partial charge in [0.1, 0.15) is 0 Å². The van der Waals surface area contributed by atoms with Crippen LogP contribution in [0.4, 0.5) is 0 Å². The number of hydrogen-bond donors (Lipinski definition) is 2. The van der Waals surface area contributed by atoms with Crippen molar-refractivity contribution in [2.24, 2.45) is 5.92 Å². The molecule has 18 heavy (non-hydrogen) atoms. The lowest BCUT2D eigenvalue weighted by atomic mass is 10.1. The van der Waals surface area contributed by atoms with Gasteiger partial charge in [0.25, 0.3) is 0 Å². The summed E-state index contributed by atoms with van der Waals surface area (Å²) >= 11 is 7.07. The minimum Gasteiger partial charge on any atom is -0.393 e.